The van der Waals surface area contributed by atoms with E-state index in [1.165, 1.54) is 0 Å². The minimum atomic E-state index is 0. The summed E-state index contributed by atoms with van der Waals surface area (Å²) in [5.41, 5.74) is 7.72. The van der Waals surface area contributed by atoms with E-state index in [2.05, 4.69) is 5.32 Å². The Morgan fingerprint density at radius 2 is 2.04 bits per heavy atom. The third-order valence-electron chi connectivity index (χ3n) is 4.60. The second-order valence-corrected chi connectivity index (χ2v) is 6.60. The van der Waals surface area contributed by atoms with Gasteiger partial charge in [0.15, 0.2) is 0 Å². The Labute approximate surface area is 156 Å². The first-order valence-corrected chi connectivity index (χ1v) is 8.98. The molecule has 1 aromatic rings. The number of hydrogen-bond acceptors (Lipinski definition) is 3. The first-order chi connectivity index (χ1) is 11.6. The Morgan fingerprint density at radius 3 is 2.76 bits per heavy atom. The molecule has 1 atom stereocenters. The molecule has 1 unspecified atom stereocenters. The first kappa shape index (κ1) is 21.3. The Bertz CT molecular complexity index is 565. The van der Waals surface area contributed by atoms with Gasteiger partial charge in [0, 0.05) is 38.2 Å². The van der Waals surface area contributed by atoms with Crippen LogP contribution < -0.4 is 11.1 Å². The van der Waals surface area contributed by atoms with Crippen LogP contribution in [0, 0.1) is 5.92 Å². The lowest BCUT2D eigenvalue weighted by Gasteiger charge is -2.33. The summed E-state index contributed by atoms with van der Waals surface area (Å²) in [6.45, 7) is 4.24. The van der Waals surface area contributed by atoms with Crippen LogP contribution in [-0.4, -0.2) is 36.3 Å². The standard InChI is InChI=1S/C19H29N3O2.ClH/c1-2-6-18(23)21-13-15-7-5-12-22(14-15)19(24)11-10-16-8-3-4-9-17(16)20;/h3-4,8-9,15H,2,5-7,10-14,20H2,1H3,(H,21,23);1H. The van der Waals surface area contributed by atoms with Gasteiger partial charge in [0.25, 0.3) is 0 Å². The van der Waals surface area contributed by atoms with Gasteiger partial charge >= 0.3 is 0 Å². The molecule has 0 aromatic heterocycles. The van der Waals surface area contributed by atoms with Crippen molar-refractivity contribution in [3.05, 3.63) is 29.8 Å². The minimum Gasteiger partial charge on any atom is -0.399 e. The fourth-order valence-electron chi connectivity index (χ4n) is 3.19. The van der Waals surface area contributed by atoms with Crippen molar-refractivity contribution in [2.45, 2.75) is 45.4 Å². The fourth-order valence-corrected chi connectivity index (χ4v) is 3.19. The van der Waals surface area contributed by atoms with Crippen LogP contribution in [0.25, 0.3) is 0 Å². The van der Waals surface area contributed by atoms with Crippen molar-refractivity contribution in [3.63, 3.8) is 0 Å². The van der Waals surface area contributed by atoms with Crippen molar-refractivity contribution >= 4 is 29.9 Å². The number of aryl methyl sites for hydroxylation is 1. The number of halogens is 1. The zero-order valence-corrected chi connectivity index (χ0v) is 15.8. The maximum absolute atomic E-state index is 12.5. The number of carbonyl (C=O) groups excluding carboxylic acids is 2. The predicted molar refractivity (Wildman–Crippen MR) is 104 cm³/mol. The van der Waals surface area contributed by atoms with Crippen LogP contribution in [0.4, 0.5) is 5.69 Å². The summed E-state index contributed by atoms with van der Waals surface area (Å²) in [4.78, 5) is 26.0. The second-order valence-electron chi connectivity index (χ2n) is 6.60. The van der Waals surface area contributed by atoms with Gasteiger partial charge in [-0.05, 0) is 43.2 Å². The molecule has 1 aliphatic rings. The minimum absolute atomic E-state index is 0. The molecule has 0 bridgehead atoms. The topological polar surface area (TPSA) is 75.4 Å². The highest BCUT2D eigenvalue weighted by Gasteiger charge is 2.23. The lowest BCUT2D eigenvalue weighted by Crippen LogP contribution is -2.43. The quantitative estimate of drug-likeness (QED) is 0.727. The highest BCUT2D eigenvalue weighted by Crippen LogP contribution is 2.18. The maximum atomic E-state index is 12.5. The monoisotopic (exact) mass is 367 g/mol. The Morgan fingerprint density at radius 1 is 1.28 bits per heavy atom. The van der Waals surface area contributed by atoms with E-state index in [0.29, 0.717) is 31.7 Å². The van der Waals surface area contributed by atoms with Gasteiger partial charge in [-0.1, -0.05) is 25.1 Å². The number of para-hydroxylation sites is 1. The molecule has 2 amide bonds. The van der Waals surface area contributed by atoms with E-state index >= 15 is 0 Å². The normalized spacial score (nSPS) is 16.8. The Kier molecular flexibility index (Phi) is 9.35. The van der Waals surface area contributed by atoms with Gasteiger partial charge in [-0.25, -0.2) is 0 Å². The molecular weight excluding hydrogens is 338 g/mol. The number of nitrogen functional groups attached to an aromatic ring is 1. The number of nitrogens with one attached hydrogen (secondary N) is 1. The van der Waals surface area contributed by atoms with Crippen LogP contribution in [0.1, 0.15) is 44.6 Å². The van der Waals surface area contributed by atoms with E-state index in [9.17, 15) is 9.59 Å². The number of likely N-dealkylation sites (tertiary alicyclic amines) is 1. The molecule has 0 spiro atoms. The van der Waals surface area contributed by atoms with Crippen LogP contribution in [0.15, 0.2) is 24.3 Å². The van der Waals surface area contributed by atoms with E-state index in [1.54, 1.807) is 0 Å². The zero-order valence-electron chi connectivity index (χ0n) is 15.0. The Hall–Kier alpha value is -1.75. The van der Waals surface area contributed by atoms with Crippen LogP contribution in [0.3, 0.4) is 0 Å². The molecule has 140 valence electrons. The summed E-state index contributed by atoms with van der Waals surface area (Å²) >= 11 is 0. The summed E-state index contributed by atoms with van der Waals surface area (Å²) in [5, 5.41) is 2.98. The van der Waals surface area contributed by atoms with Crippen molar-refractivity contribution in [1.82, 2.24) is 10.2 Å². The predicted octanol–water partition coefficient (Wildman–Crippen LogP) is 2.78. The average Bonchev–Trinajstić information content (AvgIpc) is 2.59. The van der Waals surface area contributed by atoms with Gasteiger partial charge in [-0.2, -0.15) is 0 Å². The van der Waals surface area contributed by atoms with E-state index < -0.39 is 0 Å². The number of amides is 2. The van der Waals surface area contributed by atoms with Crippen LogP contribution >= 0.6 is 12.4 Å². The molecule has 6 heteroatoms. The number of hydrogen-bond donors (Lipinski definition) is 2. The van der Waals surface area contributed by atoms with Gasteiger partial charge in [0.2, 0.25) is 11.8 Å². The number of benzene rings is 1. The number of nitrogens with zero attached hydrogens (tertiary/aromatic N) is 1. The lowest BCUT2D eigenvalue weighted by molar-refractivity contribution is -0.132. The number of piperidine rings is 1. The SMILES string of the molecule is CCCC(=O)NCC1CCCN(C(=O)CCc2ccccc2N)C1.Cl. The maximum Gasteiger partial charge on any atom is 0.222 e. The third kappa shape index (κ3) is 6.94. The van der Waals surface area contributed by atoms with Crippen LogP contribution in [0.5, 0.6) is 0 Å². The van der Waals surface area contributed by atoms with Crippen molar-refractivity contribution < 1.29 is 9.59 Å². The van der Waals surface area contributed by atoms with Crippen molar-refractivity contribution in [2.75, 3.05) is 25.4 Å². The Balaban J connectivity index is 0.00000312. The van der Waals surface area contributed by atoms with Gasteiger partial charge in [0.1, 0.15) is 0 Å². The van der Waals surface area contributed by atoms with Crippen molar-refractivity contribution in [2.24, 2.45) is 5.92 Å². The number of anilines is 1. The first-order valence-electron chi connectivity index (χ1n) is 8.98. The summed E-state index contributed by atoms with van der Waals surface area (Å²) < 4.78 is 0. The molecule has 0 radical (unpaired) electrons. The molecule has 3 N–H and O–H groups in total. The zero-order chi connectivity index (χ0) is 17.4. The van der Waals surface area contributed by atoms with E-state index in [4.69, 9.17) is 5.73 Å². The average molecular weight is 368 g/mol. The summed E-state index contributed by atoms with van der Waals surface area (Å²) in [6.07, 6.45) is 4.69. The number of rotatable bonds is 7. The fraction of sp³-hybridized carbons (Fsp3) is 0.579. The largest absolute Gasteiger partial charge is 0.399 e. The molecule has 1 fully saturated rings. The summed E-state index contributed by atoms with van der Waals surface area (Å²) in [7, 11) is 0. The molecule has 1 aromatic carbocycles. The van der Waals surface area contributed by atoms with Crippen molar-refractivity contribution in [1.29, 1.82) is 0 Å². The van der Waals surface area contributed by atoms with Crippen LogP contribution in [0.2, 0.25) is 0 Å². The van der Waals surface area contributed by atoms with E-state index in [1.807, 2.05) is 36.1 Å². The molecule has 0 aliphatic carbocycles. The van der Waals surface area contributed by atoms with E-state index in [-0.39, 0.29) is 24.2 Å². The highest BCUT2D eigenvalue weighted by atomic mass is 35.5. The molecule has 25 heavy (non-hydrogen) atoms. The number of carbonyl (C=O) groups is 2. The molecule has 1 heterocycles. The van der Waals surface area contributed by atoms with Gasteiger partial charge in [0.05, 0.1) is 0 Å². The summed E-state index contributed by atoms with van der Waals surface area (Å²) in [6, 6.07) is 7.70. The second kappa shape index (κ2) is 11.0. The molecule has 5 nitrogen and oxygen atoms in total. The summed E-state index contributed by atoms with van der Waals surface area (Å²) in [5.74, 6) is 0.661. The molecule has 1 saturated heterocycles. The van der Waals surface area contributed by atoms with Gasteiger partial charge < -0.3 is 16.0 Å². The van der Waals surface area contributed by atoms with E-state index in [0.717, 1.165) is 43.6 Å². The third-order valence-corrected chi connectivity index (χ3v) is 4.60. The highest BCUT2D eigenvalue weighted by molar-refractivity contribution is 5.85. The molecular formula is C19H30ClN3O2. The lowest BCUT2D eigenvalue weighted by atomic mass is 9.97. The van der Waals surface area contributed by atoms with Gasteiger partial charge in [-0.3, -0.25) is 9.59 Å². The van der Waals surface area contributed by atoms with Crippen molar-refractivity contribution in [3.8, 4) is 0 Å². The molecule has 1 aliphatic heterocycles. The molecule has 2 rings (SSSR count). The number of nitrogens with two attached hydrogens (primary N) is 1. The van der Waals surface area contributed by atoms with Gasteiger partial charge in [-0.15, -0.1) is 12.4 Å². The smallest absolute Gasteiger partial charge is 0.222 e. The van der Waals surface area contributed by atoms with Crippen LogP contribution in [-0.2, 0) is 16.0 Å². The molecule has 0 saturated carbocycles.